The van der Waals surface area contributed by atoms with Gasteiger partial charge in [0, 0.05) is 11.6 Å². The molecule has 2 N–H and O–H groups in total. The van der Waals surface area contributed by atoms with Gasteiger partial charge in [0.2, 0.25) is 0 Å². The maximum Gasteiger partial charge on any atom is 0.255 e. The molecule has 0 bridgehead atoms. The van der Waals surface area contributed by atoms with Crippen molar-refractivity contribution in [1.29, 1.82) is 0 Å². The number of aromatic hydroxyl groups is 1. The zero-order valence-corrected chi connectivity index (χ0v) is 14.4. The number of hydrogen-bond acceptors (Lipinski definition) is 4. The highest BCUT2D eigenvalue weighted by Gasteiger charge is 2.17. The molecule has 1 amide bonds. The Bertz CT molecular complexity index is 743. The Morgan fingerprint density at radius 2 is 1.57 bits per heavy atom. The first kappa shape index (κ1) is 17.5. The molecule has 0 heterocycles. The molecule has 2 rings (SSSR count). The zero-order chi connectivity index (χ0) is 17.1. The molecule has 23 heavy (non-hydrogen) atoms. The van der Waals surface area contributed by atoms with E-state index in [1.165, 1.54) is 32.4 Å². The van der Waals surface area contributed by atoms with Crippen molar-refractivity contribution in [2.24, 2.45) is 0 Å². The van der Waals surface area contributed by atoms with E-state index in [1.807, 2.05) is 0 Å². The van der Waals surface area contributed by atoms with E-state index in [4.69, 9.17) is 44.3 Å². The molecule has 0 atom stereocenters. The van der Waals surface area contributed by atoms with E-state index in [2.05, 4.69) is 5.32 Å². The molecule has 0 aliphatic carbocycles. The number of phenols is 1. The smallest absolute Gasteiger partial charge is 0.255 e. The summed E-state index contributed by atoms with van der Waals surface area (Å²) in [6.45, 7) is 0. The molecule has 122 valence electrons. The largest absolute Gasteiger partial charge is 0.505 e. The Morgan fingerprint density at radius 1 is 1.00 bits per heavy atom. The van der Waals surface area contributed by atoms with Gasteiger partial charge in [0.05, 0.1) is 30.0 Å². The third kappa shape index (κ3) is 3.75. The lowest BCUT2D eigenvalue weighted by atomic mass is 10.1. The van der Waals surface area contributed by atoms with Gasteiger partial charge in [0.25, 0.3) is 5.91 Å². The third-order valence-electron chi connectivity index (χ3n) is 3.00. The first-order valence-corrected chi connectivity index (χ1v) is 7.41. The monoisotopic (exact) mass is 375 g/mol. The van der Waals surface area contributed by atoms with Gasteiger partial charge >= 0.3 is 0 Å². The highest BCUT2D eigenvalue weighted by molar-refractivity contribution is 6.46. The fourth-order valence-corrected chi connectivity index (χ4v) is 2.46. The number of phenolic OH excluding ortho intramolecular Hbond substituents is 1. The molecule has 5 nitrogen and oxygen atoms in total. The Hall–Kier alpha value is -1.82. The van der Waals surface area contributed by atoms with Crippen molar-refractivity contribution in [2.45, 2.75) is 0 Å². The number of benzene rings is 2. The summed E-state index contributed by atoms with van der Waals surface area (Å²) >= 11 is 17.7. The minimum absolute atomic E-state index is 0.0169. The minimum atomic E-state index is -0.470. The molecule has 2 aromatic carbocycles. The van der Waals surface area contributed by atoms with E-state index < -0.39 is 5.91 Å². The third-order valence-corrected chi connectivity index (χ3v) is 4.14. The lowest BCUT2D eigenvalue weighted by molar-refractivity contribution is 0.102. The summed E-state index contributed by atoms with van der Waals surface area (Å²) in [7, 11) is 2.96. The van der Waals surface area contributed by atoms with Gasteiger partial charge in [0.1, 0.15) is 16.5 Å². The Labute approximate surface area is 147 Å². The average molecular weight is 377 g/mol. The van der Waals surface area contributed by atoms with Crippen LogP contribution in [-0.4, -0.2) is 25.2 Å². The molecule has 8 heteroatoms. The SMILES string of the molecule is COc1cc(OC)cc(C(=O)Nc2cc(Cl)c(O)c(Cl)c2Cl)c1. The van der Waals surface area contributed by atoms with Gasteiger partial charge < -0.3 is 19.9 Å². The van der Waals surface area contributed by atoms with Crippen molar-refractivity contribution in [1.82, 2.24) is 0 Å². The van der Waals surface area contributed by atoms with Gasteiger partial charge in [-0.3, -0.25) is 4.79 Å². The lowest BCUT2D eigenvalue weighted by Crippen LogP contribution is -2.12. The number of ether oxygens (including phenoxy) is 2. The molecule has 0 spiro atoms. The maximum absolute atomic E-state index is 12.4. The second-order valence-electron chi connectivity index (χ2n) is 4.44. The second kappa shape index (κ2) is 7.17. The molecular weight excluding hydrogens is 365 g/mol. The zero-order valence-electron chi connectivity index (χ0n) is 12.1. The molecule has 0 unspecified atom stereocenters. The number of carbonyl (C=O) groups excluding carboxylic acids is 1. The Morgan fingerprint density at radius 3 is 2.09 bits per heavy atom. The molecule has 0 fully saturated rings. The minimum Gasteiger partial charge on any atom is -0.505 e. The van der Waals surface area contributed by atoms with Crippen LogP contribution in [-0.2, 0) is 0 Å². The van der Waals surface area contributed by atoms with Crippen LogP contribution in [0.25, 0.3) is 0 Å². The van der Waals surface area contributed by atoms with Crippen molar-refractivity contribution >= 4 is 46.4 Å². The summed E-state index contributed by atoms with van der Waals surface area (Å²) in [4.78, 5) is 12.4. The van der Waals surface area contributed by atoms with E-state index in [9.17, 15) is 9.90 Å². The second-order valence-corrected chi connectivity index (χ2v) is 5.60. The molecule has 0 aromatic heterocycles. The van der Waals surface area contributed by atoms with Crippen molar-refractivity contribution in [2.75, 3.05) is 19.5 Å². The first-order chi connectivity index (χ1) is 10.9. The lowest BCUT2D eigenvalue weighted by Gasteiger charge is -2.12. The number of methoxy groups -OCH3 is 2. The van der Waals surface area contributed by atoms with E-state index in [0.29, 0.717) is 11.5 Å². The molecule has 0 saturated heterocycles. The van der Waals surface area contributed by atoms with Crippen LogP contribution in [0.4, 0.5) is 5.69 Å². The van der Waals surface area contributed by atoms with Crippen LogP contribution < -0.4 is 14.8 Å². The summed E-state index contributed by atoms with van der Waals surface area (Å²) in [5, 5.41) is 12.0. The fraction of sp³-hybridized carbons (Fsp3) is 0.133. The predicted molar refractivity (Wildman–Crippen MR) is 90.6 cm³/mol. The van der Waals surface area contributed by atoms with Gasteiger partial charge in [-0.1, -0.05) is 34.8 Å². The van der Waals surface area contributed by atoms with E-state index in [1.54, 1.807) is 6.07 Å². The van der Waals surface area contributed by atoms with Crippen molar-refractivity contribution in [3.8, 4) is 17.2 Å². The summed E-state index contributed by atoms with van der Waals surface area (Å²) in [5.74, 6) is 0.103. The molecule has 0 saturated carbocycles. The molecule has 0 aliphatic rings. The number of anilines is 1. The molecule has 0 radical (unpaired) electrons. The Kier molecular flexibility index (Phi) is 5.46. The van der Waals surface area contributed by atoms with Crippen LogP contribution in [0.5, 0.6) is 17.2 Å². The number of halogens is 3. The van der Waals surface area contributed by atoms with Crippen molar-refractivity contribution in [3.05, 3.63) is 44.9 Å². The van der Waals surface area contributed by atoms with Gasteiger partial charge in [-0.2, -0.15) is 0 Å². The quantitative estimate of drug-likeness (QED) is 0.603. The van der Waals surface area contributed by atoms with Crippen LogP contribution in [0.3, 0.4) is 0 Å². The molecular formula is C15H12Cl3NO4. The number of amides is 1. The van der Waals surface area contributed by atoms with Gasteiger partial charge in [-0.15, -0.1) is 0 Å². The van der Waals surface area contributed by atoms with Crippen LogP contribution in [0.15, 0.2) is 24.3 Å². The maximum atomic E-state index is 12.4. The molecule has 2 aromatic rings. The van der Waals surface area contributed by atoms with Gasteiger partial charge in [0.15, 0.2) is 5.75 Å². The predicted octanol–water partition coefficient (Wildman–Crippen LogP) is 4.62. The van der Waals surface area contributed by atoms with Crippen LogP contribution >= 0.6 is 34.8 Å². The average Bonchev–Trinajstić information content (AvgIpc) is 2.57. The highest BCUT2D eigenvalue weighted by Crippen LogP contribution is 2.42. The van der Waals surface area contributed by atoms with Crippen LogP contribution in [0, 0.1) is 0 Å². The van der Waals surface area contributed by atoms with Crippen molar-refractivity contribution < 1.29 is 19.4 Å². The number of rotatable bonds is 4. The first-order valence-electron chi connectivity index (χ1n) is 6.28. The van der Waals surface area contributed by atoms with E-state index in [-0.39, 0.29) is 32.1 Å². The van der Waals surface area contributed by atoms with Crippen molar-refractivity contribution in [3.63, 3.8) is 0 Å². The number of hydrogen-bond donors (Lipinski definition) is 2. The summed E-state index contributed by atoms with van der Waals surface area (Å²) in [6.07, 6.45) is 0. The summed E-state index contributed by atoms with van der Waals surface area (Å²) < 4.78 is 10.2. The van der Waals surface area contributed by atoms with Gasteiger partial charge in [-0.05, 0) is 18.2 Å². The standard InChI is InChI=1S/C15H12Cl3NO4/c1-22-8-3-7(4-9(5-8)23-2)15(21)19-11-6-10(16)14(20)13(18)12(11)17/h3-6,20H,1-2H3,(H,19,21). The van der Waals surface area contributed by atoms with E-state index >= 15 is 0 Å². The van der Waals surface area contributed by atoms with E-state index in [0.717, 1.165) is 0 Å². The normalized spacial score (nSPS) is 10.3. The summed E-state index contributed by atoms with van der Waals surface area (Å²) in [6, 6.07) is 6.02. The number of carbonyl (C=O) groups is 1. The fourth-order valence-electron chi connectivity index (χ4n) is 1.81. The highest BCUT2D eigenvalue weighted by atomic mass is 35.5. The number of nitrogens with one attached hydrogen (secondary N) is 1. The Balaban J connectivity index is 2.36. The summed E-state index contributed by atoms with van der Waals surface area (Å²) in [5.41, 5.74) is 0.462. The van der Waals surface area contributed by atoms with Crippen LogP contribution in [0.1, 0.15) is 10.4 Å². The molecule has 0 aliphatic heterocycles. The van der Waals surface area contributed by atoms with Crippen LogP contribution in [0.2, 0.25) is 15.1 Å². The van der Waals surface area contributed by atoms with Gasteiger partial charge in [-0.25, -0.2) is 0 Å². The topological polar surface area (TPSA) is 67.8 Å².